The molecule has 0 heterocycles. The van der Waals surface area contributed by atoms with Gasteiger partial charge in [0, 0.05) is 15.1 Å². The highest BCUT2D eigenvalue weighted by molar-refractivity contribution is 9.10. The molecule has 0 bridgehead atoms. The Balaban J connectivity index is 2.17. The van der Waals surface area contributed by atoms with E-state index in [0.29, 0.717) is 10.6 Å². The number of hydrogen-bond acceptors (Lipinski definition) is 1. The van der Waals surface area contributed by atoms with Crippen LogP contribution in [0, 0.1) is 0 Å². The van der Waals surface area contributed by atoms with Crippen molar-refractivity contribution in [2.45, 2.75) is 10.8 Å². The number of alkyl halides is 2. The molecule has 0 saturated heterocycles. The Hall–Kier alpha value is -0.540. The smallest absolute Gasteiger partial charge is 0.182 e. The maximum atomic E-state index is 12.3. The van der Waals surface area contributed by atoms with Crippen molar-refractivity contribution in [2.75, 3.05) is 0 Å². The molecule has 0 amide bonds. The van der Waals surface area contributed by atoms with E-state index in [1.165, 1.54) is 0 Å². The lowest BCUT2D eigenvalue weighted by molar-refractivity contribution is 0.0985. The lowest BCUT2D eigenvalue weighted by Gasteiger charge is -2.15. The van der Waals surface area contributed by atoms with Crippen LogP contribution in [0.1, 0.15) is 21.3 Å². The topological polar surface area (TPSA) is 17.1 Å². The molecular weight excluding hydrogens is 382 g/mol. The second-order valence-corrected chi connectivity index (χ2v) is 6.52. The van der Waals surface area contributed by atoms with Crippen LogP contribution in [0.25, 0.3) is 0 Å². The van der Waals surface area contributed by atoms with Gasteiger partial charge < -0.3 is 0 Å². The quantitative estimate of drug-likeness (QED) is 0.470. The van der Waals surface area contributed by atoms with Gasteiger partial charge in [0.15, 0.2) is 5.78 Å². The third-order valence-electron chi connectivity index (χ3n) is 2.82. The third kappa shape index (κ3) is 3.76. The van der Waals surface area contributed by atoms with E-state index >= 15 is 0 Å². The predicted molar refractivity (Wildman–Crippen MR) is 88.2 cm³/mol. The normalized spacial score (nSPS) is 13.8. The Morgan fingerprint density at radius 1 is 0.950 bits per heavy atom. The van der Waals surface area contributed by atoms with E-state index in [1.807, 2.05) is 0 Å². The molecule has 0 spiro atoms. The number of Topliss-reactive ketones (excluding diaryl/α,β-unsaturated/α-hetero) is 1. The van der Waals surface area contributed by atoms with Crippen molar-refractivity contribution in [1.82, 2.24) is 0 Å². The first kappa shape index (κ1) is 15.8. The largest absolute Gasteiger partial charge is 0.292 e. The molecule has 0 N–H and O–H groups in total. The first-order chi connectivity index (χ1) is 9.49. The molecule has 0 unspecified atom stereocenters. The Bertz CT molecular complexity index is 596. The molecule has 0 aliphatic carbocycles. The van der Waals surface area contributed by atoms with Gasteiger partial charge in [0.2, 0.25) is 0 Å². The van der Waals surface area contributed by atoms with E-state index in [1.54, 1.807) is 48.5 Å². The summed E-state index contributed by atoms with van der Waals surface area (Å²) in [4.78, 5) is 12.3. The zero-order valence-corrected chi connectivity index (χ0v) is 14.0. The first-order valence-corrected chi connectivity index (χ1v) is 7.87. The molecule has 0 radical (unpaired) electrons. The van der Waals surface area contributed by atoms with Crippen LogP contribution in [-0.2, 0) is 0 Å². The van der Waals surface area contributed by atoms with Gasteiger partial charge in [-0.05, 0) is 29.8 Å². The molecule has 104 valence electrons. The minimum absolute atomic E-state index is 0.200. The highest BCUT2D eigenvalue weighted by atomic mass is 79.9. The van der Waals surface area contributed by atoms with Crippen LogP contribution < -0.4 is 0 Å². The number of halogens is 4. The van der Waals surface area contributed by atoms with E-state index in [0.717, 1.165) is 10.0 Å². The second kappa shape index (κ2) is 6.95. The Morgan fingerprint density at radius 3 is 2.05 bits per heavy atom. The van der Waals surface area contributed by atoms with Crippen molar-refractivity contribution in [3.63, 3.8) is 0 Å². The Morgan fingerprint density at radius 2 is 1.50 bits per heavy atom. The van der Waals surface area contributed by atoms with Gasteiger partial charge in [0.25, 0.3) is 0 Å². The van der Waals surface area contributed by atoms with Crippen molar-refractivity contribution in [3.05, 3.63) is 69.2 Å². The van der Waals surface area contributed by atoms with E-state index in [-0.39, 0.29) is 5.78 Å². The van der Waals surface area contributed by atoms with Crippen molar-refractivity contribution >= 4 is 56.5 Å². The lowest BCUT2D eigenvalue weighted by Crippen LogP contribution is -2.20. The number of hydrogen-bond donors (Lipinski definition) is 0. The molecule has 0 aliphatic rings. The summed E-state index contributed by atoms with van der Waals surface area (Å²) in [5.41, 5.74) is 1.30. The Kier molecular flexibility index (Phi) is 5.50. The third-order valence-corrected chi connectivity index (χ3v) is 4.69. The molecular formula is C15H10BrCl3O. The van der Waals surface area contributed by atoms with Crippen LogP contribution in [0.5, 0.6) is 0 Å². The van der Waals surface area contributed by atoms with Crippen LogP contribution in [0.2, 0.25) is 5.02 Å². The van der Waals surface area contributed by atoms with E-state index < -0.39 is 10.8 Å². The van der Waals surface area contributed by atoms with Crippen LogP contribution in [0.15, 0.2) is 53.0 Å². The Labute approximate surface area is 141 Å². The number of rotatable bonds is 4. The van der Waals surface area contributed by atoms with Gasteiger partial charge in [-0.15, -0.1) is 23.2 Å². The molecule has 5 heteroatoms. The highest BCUT2D eigenvalue weighted by Gasteiger charge is 2.26. The zero-order valence-electron chi connectivity index (χ0n) is 10.2. The van der Waals surface area contributed by atoms with Crippen molar-refractivity contribution in [2.24, 2.45) is 0 Å². The summed E-state index contributed by atoms with van der Waals surface area (Å²) < 4.78 is 0.903. The molecule has 0 aromatic heterocycles. The maximum absolute atomic E-state index is 12.3. The number of carbonyl (C=O) groups is 1. The van der Waals surface area contributed by atoms with Gasteiger partial charge in [0.05, 0.1) is 5.38 Å². The van der Waals surface area contributed by atoms with E-state index in [9.17, 15) is 4.79 Å². The lowest BCUT2D eigenvalue weighted by atomic mass is 10.0. The SMILES string of the molecule is O=C(c1ccc(Br)cc1)[C@H](Cl)[C@H](Cl)c1ccc(Cl)cc1. The van der Waals surface area contributed by atoms with Gasteiger partial charge in [0.1, 0.15) is 5.38 Å². The van der Waals surface area contributed by atoms with Gasteiger partial charge in [-0.3, -0.25) is 4.79 Å². The molecule has 1 nitrogen and oxygen atoms in total. The molecule has 20 heavy (non-hydrogen) atoms. The summed E-state index contributed by atoms with van der Waals surface area (Å²) in [6.45, 7) is 0. The molecule has 2 rings (SSSR count). The van der Waals surface area contributed by atoms with Gasteiger partial charge >= 0.3 is 0 Å². The van der Waals surface area contributed by atoms with Gasteiger partial charge in [-0.25, -0.2) is 0 Å². The van der Waals surface area contributed by atoms with Crippen molar-refractivity contribution in [3.8, 4) is 0 Å². The summed E-state index contributed by atoms with van der Waals surface area (Å²) >= 11 is 21.6. The molecule has 2 atom stereocenters. The summed E-state index contributed by atoms with van der Waals surface area (Å²) in [5.74, 6) is -0.200. The van der Waals surface area contributed by atoms with Crippen LogP contribution >= 0.6 is 50.7 Å². The van der Waals surface area contributed by atoms with E-state index in [2.05, 4.69) is 15.9 Å². The molecule has 2 aromatic carbocycles. The predicted octanol–water partition coefficient (Wildman–Crippen LogP) is 5.87. The average molecular weight is 393 g/mol. The van der Waals surface area contributed by atoms with E-state index in [4.69, 9.17) is 34.8 Å². The fourth-order valence-electron chi connectivity index (χ4n) is 1.72. The minimum atomic E-state index is -0.834. The zero-order chi connectivity index (χ0) is 14.7. The van der Waals surface area contributed by atoms with Crippen LogP contribution in [-0.4, -0.2) is 11.2 Å². The fourth-order valence-corrected chi connectivity index (χ4v) is 2.64. The summed E-state index contributed by atoms with van der Waals surface area (Å²) in [7, 11) is 0. The molecule has 2 aromatic rings. The van der Waals surface area contributed by atoms with Gasteiger partial charge in [-0.2, -0.15) is 0 Å². The van der Waals surface area contributed by atoms with Crippen molar-refractivity contribution in [1.29, 1.82) is 0 Å². The molecule has 0 fully saturated rings. The fraction of sp³-hybridized carbons (Fsp3) is 0.133. The molecule has 0 saturated carbocycles. The average Bonchev–Trinajstić information content (AvgIpc) is 2.46. The summed E-state index contributed by atoms with van der Waals surface area (Å²) in [6.07, 6.45) is 0. The highest BCUT2D eigenvalue weighted by Crippen LogP contribution is 2.31. The van der Waals surface area contributed by atoms with Crippen LogP contribution in [0.4, 0.5) is 0 Å². The standard InChI is InChI=1S/C15H10BrCl3O/c16-11-5-1-10(2-6-11)15(20)14(19)13(18)9-3-7-12(17)8-4-9/h1-8,13-14H/t13-,14-/m1/s1. The summed E-state index contributed by atoms with van der Waals surface area (Å²) in [6, 6.07) is 14.0. The molecule has 0 aliphatic heterocycles. The first-order valence-electron chi connectivity index (χ1n) is 5.82. The number of carbonyl (C=O) groups excluding carboxylic acids is 1. The summed E-state index contributed by atoms with van der Waals surface area (Å²) in [5, 5.41) is -0.827. The van der Waals surface area contributed by atoms with Gasteiger partial charge in [-0.1, -0.05) is 51.8 Å². The number of benzene rings is 2. The maximum Gasteiger partial charge on any atom is 0.182 e. The monoisotopic (exact) mass is 390 g/mol. The van der Waals surface area contributed by atoms with Crippen LogP contribution in [0.3, 0.4) is 0 Å². The minimum Gasteiger partial charge on any atom is -0.292 e. The number of ketones is 1. The second-order valence-electron chi connectivity index (χ2n) is 4.23. The van der Waals surface area contributed by atoms with Crippen molar-refractivity contribution < 1.29 is 4.79 Å².